The van der Waals surface area contributed by atoms with Gasteiger partial charge in [0.15, 0.2) is 0 Å². The lowest BCUT2D eigenvalue weighted by atomic mass is 10.0. The van der Waals surface area contributed by atoms with Gasteiger partial charge >= 0.3 is 0 Å². The zero-order valence-electron chi connectivity index (χ0n) is 10.7. The van der Waals surface area contributed by atoms with Crippen LogP contribution in [-0.2, 0) is 0 Å². The van der Waals surface area contributed by atoms with Gasteiger partial charge in [0, 0.05) is 0 Å². The minimum absolute atomic E-state index is 0.0884. The third kappa shape index (κ3) is 3.46. The summed E-state index contributed by atoms with van der Waals surface area (Å²) >= 11 is 15.5. The van der Waals surface area contributed by atoms with Crippen LogP contribution in [0.2, 0.25) is 5.02 Å². The van der Waals surface area contributed by atoms with Crippen LogP contribution in [0.25, 0.3) is 0 Å². The van der Waals surface area contributed by atoms with Crippen molar-refractivity contribution in [3.8, 4) is 5.75 Å². The summed E-state index contributed by atoms with van der Waals surface area (Å²) in [5, 5.41) is -0.362. The lowest BCUT2D eigenvalue weighted by Gasteiger charge is -2.13. The molecule has 1 unspecified atom stereocenters. The predicted molar refractivity (Wildman–Crippen MR) is 84.4 cm³/mol. The molecule has 2 rings (SSSR count). The van der Waals surface area contributed by atoms with Gasteiger partial charge in [-0.15, -0.1) is 11.6 Å². The van der Waals surface area contributed by atoms with E-state index in [0.29, 0.717) is 12.2 Å². The summed E-state index contributed by atoms with van der Waals surface area (Å²) in [5.41, 5.74) is 1.51. The van der Waals surface area contributed by atoms with Gasteiger partial charge < -0.3 is 4.74 Å². The van der Waals surface area contributed by atoms with E-state index in [9.17, 15) is 4.39 Å². The second-order valence-corrected chi connectivity index (χ2v) is 5.86. The van der Waals surface area contributed by atoms with Gasteiger partial charge in [0.1, 0.15) is 11.6 Å². The van der Waals surface area contributed by atoms with Crippen molar-refractivity contribution in [1.82, 2.24) is 0 Å². The van der Waals surface area contributed by atoms with Gasteiger partial charge in [-0.2, -0.15) is 0 Å². The molecule has 0 N–H and O–H groups in total. The Bertz CT molecular complexity index is 619. The molecule has 2 aromatic carbocycles. The molecule has 0 amide bonds. The third-order valence-electron chi connectivity index (χ3n) is 2.78. The minimum atomic E-state index is -0.472. The van der Waals surface area contributed by atoms with Crippen molar-refractivity contribution in [3.63, 3.8) is 0 Å². The predicted octanol–water partition coefficient (Wildman–Crippen LogP) is 5.97. The molecular formula is C15H12BrCl2FO. The highest BCUT2D eigenvalue weighted by molar-refractivity contribution is 9.10. The summed E-state index contributed by atoms with van der Waals surface area (Å²) in [6.07, 6.45) is 0. The number of hydrogen-bond donors (Lipinski definition) is 0. The molecule has 0 aliphatic heterocycles. The molecule has 0 heterocycles. The highest BCUT2D eigenvalue weighted by atomic mass is 79.9. The van der Waals surface area contributed by atoms with Gasteiger partial charge in [-0.1, -0.05) is 23.7 Å². The molecule has 0 aliphatic carbocycles. The van der Waals surface area contributed by atoms with Gasteiger partial charge in [0.2, 0.25) is 0 Å². The molecule has 1 nitrogen and oxygen atoms in total. The quantitative estimate of drug-likeness (QED) is 0.596. The van der Waals surface area contributed by atoms with Crippen molar-refractivity contribution in [2.45, 2.75) is 12.3 Å². The minimum Gasteiger partial charge on any atom is -0.493 e. The Morgan fingerprint density at radius 2 is 1.85 bits per heavy atom. The normalized spacial score (nSPS) is 12.2. The Kier molecular flexibility index (Phi) is 5.30. The average molecular weight is 378 g/mol. The van der Waals surface area contributed by atoms with Crippen LogP contribution < -0.4 is 4.74 Å². The number of ether oxygens (including phenoxy) is 1. The molecule has 0 saturated heterocycles. The van der Waals surface area contributed by atoms with E-state index in [2.05, 4.69) is 15.9 Å². The van der Waals surface area contributed by atoms with Crippen LogP contribution in [0, 0.1) is 5.82 Å². The van der Waals surface area contributed by atoms with Gasteiger partial charge in [-0.05, 0) is 58.2 Å². The molecule has 2 aromatic rings. The molecule has 0 bridgehead atoms. The van der Waals surface area contributed by atoms with E-state index in [4.69, 9.17) is 27.9 Å². The molecule has 0 aliphatic rings. The summed E-state index contributed by atoms with van der Waals surface area (Å²) in [6.45, 7) is 2.51. The summed E-state index contributed by atoms with van der Waals surface area (Å²) in [4.78, 5) is 0. The average Bonchev–Trinajstić information content (AvgIpc) is 2.43. The maximum atomic E-state index is 13.5. The maximum absolute atomic E-state index is 13.5. The van der Waals surface area contributed by atoms with Crippen LogP contribution in [0.4, 0.5) is 4.39 Å². The molecule has 0 saturated carbocycles. The van der Waals surface area contributed by atoms with Crippen LogP contribution in [0.3, 0.4) is 0 Å². The van der Waals surface area contributed by atoms with Crippen LogP contribution in [0.1, 0.15) is 23.4 Å². The van der Waals surface area contributed by atoms with Crippen molar-refractivity contribution in [3.05, 3.63) is 62.8 Å². The first-order valence-corrected chi connectivity index (χ1v) is 7.65. The molecule has 0 radical (unpaired) electrons. The van der Waals surface area contributed by atoms with Gasteiger partial charge in [-0.3, -0.25) is 0 Å². The fourth-order valence-corrected chi connectivity index (χ4v) is 2.71. The van der Waals surface area contributed by atoms with Gasteiger partial charge in [-0.25, -0.2) is 4.39 Å². The number of halogens is 4. The van der Waals surface area contributed by atoms with E-state index in [-0.39, 0.29) is 5.02 Å². The van der Waals surface area contributed by atoms with Crippen molar-refractivity contribution < 1.29 is 9.13 Å². The Balaban J connectivity index is 2.30. The molecule has 0 fully saturated rings. The number of rotatable bonds is 4. The Labute approximate surface area is 135 Å². The number of hydrogen-bond acceptors (Lipinski definition) is 1. The second-order valence-electron chi connectivity index (χ2n) is 4.16. The van der Waals surface area contributed by atoms with Crippen molar-refractivity contribution in [2.75, 3.05) is 6.61 Å². The number of alkyl halides is 1. The van der Waals surface area contributed by atoms with Crippen LogP contribution in [0.5, 0.6) is 5.75 Å². The summed E-state index contributed by atoms with van der Waals surface area (Å²) in [5.74, 6) is 0.280. The van der Waals surface area contributed by atoms with E-state index >= 15 is 0 Å². The van der Waals surface area contributed by atoms with Crippen molar-refractivity contribution in [1.29, 1.82) is 0 Å². The Morgan fingerprint density at radius 1 is 1.20 bits per heavy atom. The third-order valence-corrected chi connectivity index (χ3v) is 4.21. The molecule has 106 valence electrons. The summed E-state index contributed by atoms with van der Waals surface area (Å²) in [6, 6.07) is 10.1. The fraction of sp³-hybridized carbons (Fsp3) is 0.200. The second kappa shape index (κ2) is 6.79. The monoisotopic (exact) mass is 376 g/mol. The molecule has 0 aromatic heterocycles. The van der Waals surface area contributed by atoms with Crippen LogP contribution in [-0.4, -0.2) is 6.61 Å². The molecule has 5 heteroatoms. The zero-order valence-corrected chi connectivity index (χ0v) is 13.8. The SMILES string of the molecule is CCOc1ccc(C(Cl)c2ccc(Cl)c(F)c2)cc1Br. The first-order chi connectivity index (χ1) is 9.52. The van der Waals surface area contributed by atoms with E-state index in [1.54, 1.807) is 6.07 Å². The van der Waals surface area contributed by atoms with E-state index in [0.717, 1.165) is 15.8 Å². The lowest BCUT2D eigenvalue weighted by molar-refractivity contribution is 0.338. The first kappa shape index (κ1) is 15.6. The molecule has 1 atom stereocenters. The smallest absolute Gasteiger partial charge is 0.142 e. The number of benzene rings is 2. The standard InChI is InChI=1S/C15H12BrCl2FO/c1-2-20-14-6-4-9(7-11(14)16)15(18)10-3-5-12(17)13(19)8-10/h3-8,15H,2H2,1H3. The first-order valence-electron chi connectivity index (χ1n) is 6.04. The van der Waals surface area contributed by atoms with Crippen molar-refractivity contribution >= 4 is 39.1 Å². The van der Waals surface area contributed by atoms with E-state index in [1.165, 1.54) is 12.1 Å². The van der Waals surface area contributed by atoms with E-state index in [1.807, 2.05) is 25.1 Å². The highest BCUT2D eigenvalue weighted by Crippen LogP contribution is 2.35. The lowest BCUT2D eigenvalue weighted by Crippen LogP contribution is -1.97. The molecule has 20 heavy (non-hydrogen) atoms. The van der Waals surface area contributed by atoms with E-state index < -0.39 is 11.2 Å². The van der Waals surface area contributed by atoms with Crippen LogP contribution in [0.15, 0.2) is 40.9 Å². The largest absolute Gasteiger partial charge is 0.493 e. The summed E-state index contributed by atoms with van der Waals surface area (Å²) < 4.78 is 19.7. The van der Waals surface area contributed by atoms with Gasteiger partial charge in [0.05, 0.1) is 21.5 Å². The highest BCUT2D eigenvalue weighted by Gasteiger charge is 2.14. The molecule has 0 spiro atoms. The Morgan fingerprint density at radius 3 is 2.45 bits per heavy atom. The van der Waals surface area contributed by atoms with Crippen LogP contribution >= 0.6 is 39.1 Å². The topological polar surface area (TPSA) is 9.23 Å². The Hall–Kier alpha value is -0.770. The van der Waals surface area contributed by atoms with Gasteiger partial charge in [0.25, 0.3) is 0 Å². The fourth-order valence-electron chi connectivity index (χ4n) is 1.81. The maximum Gasteiger partial charge on any atom is 0.142 e. The van der Waals surface area contributed by atoms with Crippen molar-refractivity contribution in [2.24, 2.45) is 0 Å². The molecular weight excluding hydrogens is 366 g/mol. The zero-order chi connectivity index (χ0) is 14.7. The summed E-state index contributed by atoms with van der Waals surface area (Å²) in [7, 11) is 0.